The number of nitrogens with zero attached hydrogens (tertiary/aromatic N) is 5. The lowest BCUT2D eigenvalue weighted by atomic mass is 10.1. The fraction of sp³-hybridized carbons (Fsp3) is 0.273. The van der Waals surface area contributed by atoms with Crippen LogP contribution in [0.3, 0.4) is 0 Å². The van der Waals surface area contributed by atoms with E-state index in [0.717, 1.165) is 48.0 Å². The van der Waals surface area contributed by atoms with Gasteiger partial charge in [0.1, 0.15) is 5.03 Å². The minimum Gasteiger partial charge on any atom is -0.339 e. The van der Waals surface area contributed by atoms with Crippen molar-refractivity contribution in [2.75, 3.05) is 13.1 Å². The molecule has 4 heterocycles. The topological polar surface area (TPSA) is 63.4 Å². The molecule has 3 aromatic heterocycles. The Labute approximate surface area is 183 Å². The molecule has 30 heavy (non-hydrogen) atoms. The molecule has 6 nitrogen and oxygen atoms in total. The highest BCUT2D eigenvalue weighted by atomic mass is 35.5. The van der Waals surface area contributed by atoms with Crippen molar-refractivity contribution in [1.29, 1.82) is 0 Å². The van der Waals surface area contributed by atoms with E-state index in [2.05, 4.69) is 34.2 Å². The van der Waals surface area contributed by atoms with Crippen molar-refractivity contribution in [2.24, 2.45) is 0 Å². The number of para-hydroxylation sites is 1. The first-order valence-electron chi connectivity index (χ1n) is 9.98. The van der Waals surface area contributed by atoms with E-state index in [9.17, 15) is 4.79 Å². The van der Waals surface area contributed by atoms with Crippen LogP contribution in [0.25, 0.3) is 16.6 Å². The number of carbonyl (C=O) groups excluding carboxylic acids is 1. The van der Waals surface area contributed by atoms with E-state index in [4.69, 9.17) is 11.6 Å². The second-order valence-corrected chi connectivity index (χ2v) is 8.85. The zero-order valence-corrected chi connectivity index (χ0v) is 18.1. The van der Waals surface area contributed by atoms with Crippen LogP contribution in [0.1, 0.15) is 35.2 Å². The Bertz CT molecular complexity index is 1270. The Kier molecular flexibility index (Phi) is 5.08. The summed E-state index contributed by atoms with van der Waals surface area (Å²) in [5.74, 6) is -0.00459. The van der Waals surface area contributed by atoms with Gasteiger partial charge in [-0.2, -0.15) is 0 Å². The molecule has 0 unspecified atom stereocenters. The highest BCUT2D eigenvalue weighted by Gasteiger charge is 2.20. The summed E-state index contributed by atoms with van der Waals surface area (Å²) < 4.78 is 2.01. The molecule has 5 rings (SSSR count). The normalized spacial score (nSPS) is 14.5. The van der Waals surface area contributed by atoms with Gasteiger partial charge in [-0.15, -0.1) is 10.2 Å². The van der Waals surface area contributed by atoms with Crippen LogP contribution in [-0.2, 0) is 0 Å². The standard InChI is InChI=1S/C22H20ClN5OS/c1-14-11-19-25-26-22(28(19)18-8-4-3-7-16(14)18)30-20-17(23)12-15(13-24-20)21(29)27-9-5-2-6-10-27/h3-4,7-8,11-13H,2,5-6,9-10H2,1H3. The number of aryl methyl sites for hydroxylation is 1. The fourth-order valence-corrected chi connectivity index (χ4v) is 5.01. The molecule has 152 valence electrons. The van der Waals surface area contributed by atoms with E-state index < -0.39 is 0 Å². The summed E-state index contributed by atoms with van der Waals surface area (Å²) in [5.41, 5.74) is 3.49. The minimum atomic E-state index is -0.00459. The lowest BCUT2D eigenvalue weighted by Gasteiger charge is -2.26. The number of hydrogen-bond acceptors (Lipinski definition) is 5. The number of benzene rings is 1. The third-order valence-corrected chi connectivity index (χ3v) is 6.83. The zero-order valence-electron chi connectivity index (χ0n) is 16.5. The fourth-order valence-electron chi connectivity index (χ4n) is 3.92. The Morgan fingerprint density at radius 3 is 2.70 bits per heavy atom. The number of likely N-dealkylation sites (tertiary alicyclic amines) is 1. The molecule has 1 saturated heterocycles. The molecule has 0 bridgehead atoms. The summed E-state index contributed by atoms with van der Waals surface area (Å²) in [5, 5.41) is 11.6. The van der Waals surface area contributed by atoms with Gasteiger partial charge in [-0.05, 0) is 61.7 Å². The number of fused-ring (bicyclic) bond motifs is 3. The Morgan fingerprint density at radius 1 is 1.10 bits per heavy atom. The Morgan fingerprint density at radius 2 is 1.90 bits per heavy atom. The summed E-state index contributed by atoms with van der Waals surface area (Å²) in [4.78, 5) is 19.1. The third-order valence-electron chi connectivity index (χ3n) is 5.46. The molecule has 1 aliphatic rings. The van der Waals surface area contributed by atoms with E-state index in [0.29, 0.717) is 20.8 Å². The maximum atomic E-state index is 12.7. The molecule has 4 aromatic rings. The number of piperidine rings is 1. The predicted octanol–water partition coefficient (Wildman–Crippen LogP) is 5.02. The number of rotatable bonds is 3. The SMILES string of the molecule is Cc1cc2nnc(Sc3ncc(C(=O)N4CCCCC4)cc3Cl)n2c2ccccc12. The number of amides is 1. The van der Waals surface area contributed by atoms with Crippen LogP contribution in [0.2, 0.25) is 5.02 Å². The van der Waals surface area contributed by atoms with Crippen LogP contribution < -0.4 is 0 Å². The molecular formula is C22H20ClN5OS. The van der Waals surface area contributed by atoms with Crippen molar-refractivity contribution in [3.63, 3.8) is 0 Å². The van der Waals surface area contributed by atoms with E-state index in [1.54, 1.807) is 12.3 Å². The van der Waals surface area contributed by atoms with Gasteiger partial charge in [-0.25, -0.2) is 4.98 Å². The second-order valence-electron chi connectivity index (χ2n) is 7.49. The van der Waals surface area contributed by atoms with Crippen molar-refractivity contribution in [2.45, 2.75) is 36.4 Å². The molecule has 1 aromatic carbocycles. The Balaban J connectivity index is 1.48. The summed E-state index contributed by atoms with van der Waals surface area (Å²) >= 11 is 7.86. The van der Waals surface area contributed by atoms with Gasteiger partial charge < -0.3 is 4.90 Å². The smallest absolute Gasteiger partial charge is 0.255 e. The molecule has 1 aliphatic heterocycles. The summed E-state index contributed by atoms with van der Waals surface area (Å²) in [7, 11) is 0. The molecule has 0 atom stereocenters. The van der Waals surface area contributed by atoms with Crippen LogP contribution in [0.4, 0.5) is 0 Å². The van der Waals surface area contributed by atoms with Crippen molar-refractivity contribution >= 4 is 45.8 Å². The minimum absolute atomic E-state index is 0.00459. The van der Waals surface area contributed by atoms with E-state index in [1.165, 1.54) is 18.2 Å². The van der Waals surface area contributed by atoms with Crippen LogP contribution >= 0.6 is 23.4 Å². The van der Waals surface area contributed by atoms with Crippen molar-refractivity contribution in [3.05, 3.63) is 58.7 Å². The van der Waals surface area contributed by atoms with Crippen LogP contribution in [-0.4, -0.2) is 43.5 Å². The van der Waals surface area contributed by atoms with E-state index >= 15 is 0 Å². The van der Waals surface area contributed by atoms with Gasteiger partial charge in [0.15, 0.2) is 5.65 Å². The monoisotopic (exact) mass is 437 g/mol. The highest BCUT2D eigenvalue weighted by Crippen LogP contribution is 2.33. The quantitative estimate of drug-likeness (QED) is 0.450. The number of carbonyl (C=O) groups is 1. The first-order chi connectivity index (χ1) is 14.6. The summed E-state index contributed by atoms with van der Waals surface area (Å²) in [6.07, 6.45) is 4.89. The molecule has 0 radical (unpaired) electrons. The van der Waals surface area contributed by atoms with Gasteiger partial charge in [-0.3, -0.25) is 9.20 Å². The molecule has 1 fully saturated rings. The third kappa shape index (κ3) is 3.42. The van der Waals surface area contributed by atoms with E-state index in [1.807, 2.05) is 27.5 Å². The molecule has 0 saturated carbocycles. The molecule has 8 heteroatoms. The van der Waals surface area contributed by atoms with Crippen molar-refractivity contribution in [3.8, 4) is 0 Å². The van der Waals surface area contributed by atoms with Crippen molar-refractivity contribution < 1.29 is 4.79 Å². The van der Waals surface area contributed by atoms with Gasteiger partial charge in [0, 0.05) is 24.7 Å². The summed E-state index contributed by atoms with van der Waals surface area (Å²) in [6, 6.07) is 11.9. The lowest BCUT2D eigenvalue weighted by Crippen LogP contribution is -2.35. The van der Waals surface area contributed by atoms with Gasteiger partial charge in [0.05, 0.1) is 16.1 Å². The maximum Gasteiger partial charge on any atom is 0.255 e. The average molecular weight is 438 g/mol. The van der Waals surface area contributed by atoms with Crippen molar-refractivity contribution in [1.82, 2.24) is 24.5 Å². The van der Waals surface area contributed by atoms with Crippen LogP contribution in [0.15, 0.2) is 52.8 Å². The van der Waals surface area contributed by atoms with E-state index in [-0.39, 0.29) is 5.91 Å². The van der Waals surface area contributed by atoms with Gasteiger partial charge in [0.25, 0.3) is 5.91 Å². The largest absolute Gasteiger partial charge is 0.339 e. The predicted molar refractivity (Wildman–Crippen MR) is 118 cm³/mol. The molecular weight excluding hydrogens is 418 g/mol. The first-order valence-corrected chi connectivity index (χ1v) is 11.2. The van der Waals surface area contributed by atoms with Gasteiger partial charge >= 0.3 is 0 Å². The average Bonchev–Trinajstić information content (AvgIpc) is 3.18. The molecule has 0 aliphatic carbocycles. The first kappa shape index (κ1) is 19.3. The zero-order chi connectivity index (χ0) is 20.7. The second kappa shape index (κ2) is 7.89. The Hall–Kier alpha value is -2.64. The number of halogens is 1. The number of hydrogen-bond donors (Lipinski definition) is 0. The van der Waals surface area contributed by atoms with Gasteiger partial charge in [0.2, 0.25) is 5.16 Å². The molecule has 0 spiro atoms. The van der Waals surface area contributed by atoms with Gasteiger partial charge in [-0.1, -0.05) is 29.8 Å². The van der Waals surface area contributed by atoms with Crippen LogP contribution in [0.5, 0.6) is 0 Å². The van der Waals surface area contributed by atoms with Crippen LogP contribution in [0, 0.1) is 6.92 Å². The molecule has 1 amide bonds. The maximum absolute atomic E-state index is 12.7. The summed E-state index contributed by atoms with van der Waals surface area (Å²) in [6.45, 7) is 3.66. The number of pyridine rings is 2. The lowest BCUT2D eigenvalue weighted by molar-refractivity contribution is 0.0724. The number of aromatic nitrogens is 4. The highest BCUT2D eigenvalue weighted by molar-refractivity contribution is 7.99. The molecule has 0 N–H and O–H groups in total.